The molecule has 0 fully saturated rings. The van der Waals surface area contributed by atoms with E-state index < -0.39 is 7.29 Å². The Bertz CT molecular complexity index is 160. The van der Waals surface area contributed by atoms with E-state index in [0.29, 0.717) is 6.16 Å². The topological polar surface area (TPSA) is 65.8 Å². The van der Waals surface area contributed by atoms with Crippen molar-refractivity contribution >= 4 is 7.29 Å². The van der Waals surface area contributed by atoms with E-state index in [0.717, 1.165) is 0 Å². The van der Waals surface area contributed by atoms with Crippen molar-refractivity contribution in [3.05, 3.63) is 10.4 Å². The van der Waals surface area contributed by atoms with E-state index in [1.807, 2.05) is 0 Å². The molecule has 0 rings (SSSR count). The molecule has 0 amide bonds. The fraction of sp³-hybridized carbons (Fsp3) is 1.00. The van der Waals surface area contributed by atoms with Gasteiger partial charge in [-0.25, -0.2) is 0 Å². The van der Waals surface area contributed by atoms with E-state index in [-0.39, 0.29) is 0 Å². The number of hydrogen-bond acceptors (Lipinski definition) is 1. The predicted octanol–water partition coefficient (Wildman–Crippen LogP) is 2.22. The number of hydrogen-bond donors (Lipinski definition) is 0. The molecule has 0 saturated carbocycles. The number of nitrogens with zero attached hydrogens (tertiary/aromatic N) is 3. The van der Waals surface area contributed by atoms with Crippen LogP contribution in [0.5, 0.6) is 0 Å². The van der Waals surface area contributed by atoms with Crippen LogP contribution in [0.1, 0.15) is 6.92 Å². The maximum absolute atomic E-state index is 10.8. The molecule has 0 aromatic rings. The van der Waals surface area contributed by atoms with Crippen molar-refractivity contribution in [1.29, 1.82) is 0 Å². The Morgan fingerprint density at radius 2 is 2.38 bits per heavy atom. The average Bonchev–Trinajstić information content (AvgIpc) is 1.67. The van der Waals surface area contributed by atoms with Crippen LogP contribution in [0.2, 0.25) is 0 Å². The molecule has 0 heterocycles. The maximum atomic E-state index is 10.8. The monoisotopic (exact) mass is 133 g/mol. The molecule has 4 nitrogen and oxygen atoms in total. The van der Waals surface area contributed by atoms with Gasteiger partial charge >= 0.3 is 0 Å². The minimum atomic E-state index is -2.47. The molecule has 1 unspecified atom stereocenters. The van der Waals surface area contributed by atoms with E-state index in [4.69, 9.17) is 5.53 Å². The lowest BCUT2D eigenvalue weighted by atomic mass is 11.0. The Labute approximate surface area is 47.9 Å². The molecule has 0 N–H and O–H groups in total. The zero-order chi connectivity index (χ0) is 6.62. The molecule has 0 aliphatic heterocycles. The molecule has 0 radical (unpaired) electrons. The van der Waals surface area contributed by atoms with Crippen molar-refractivity contribution in [3.8, 4) is 0 Å². The van der Waals surface area contributed by atoms with Gasteiger partial charge < -0.3 is 4.57 Å². The minimum Gasteiger partial charge on any atom is -0.317 e. The Morgan fingerprint density at radius 1 is 1.88 bits per heavy atom. The third-order valence-electron chi connectivity index (χ3n) is 0.816. The van der Waals surface area contributed by atoms with Gasteiger partial charge in [0.15, 0.2) is 7.29 Å². The highest BCUT2D eigenvalue weighted by molar-refractivity contribution is 7.61. The lowest BCUT2D eigenvalue weighted by molar-refractivity contribution is 0.580. The Hall–Kier alpha value is -0.460. The van der Waals surface area contributed by atoms with Crippen molar-refractivity contribution in [3.63, 3.8) is 0 Å². The molecular weight excluding hydrogens is 125 g/mol. The molecule has 46 valence electrons. The van der Waals surface area contributed by atoms with E-state index in [1.54, 1.807) is 6.92 Å². The second-order valence-corrected chi connectivity index (χ2v) is 4.46. The van der Waals surface area contributed by atoms with E-state index >= 15 is 0 Å². The van der Waals surface area contributed by atoms with Crippen LogP contribution in [-0.2, 0) is 4.57 Å². The van der Waals surface area contributed by atoms with Crippen LogP contribution in [0.15, 0.2) is 4.88 Å². The van der Waals surface area contributed by atoms with Crippen LogP contribution < -0.4 is 0 Å². The smallest absolute Gasteiger partial charge is 0.170 e. The van der Waals surface area contributed by atoms with Crippen LogP contribution in [-0.4, -0.2) is 12.8 Å². The van der Waals surface area contributed by atoms with Crippen molar-refractivity contribution in [2.75, 3.05) is 12.8 Å². The predicted molar refractivity (Wildman–Crippen MR) is 33.2 cm³/mol. The molecule has 0 aliphatic carbocycles. The quantitative estimate of drug-likeness (QED) is 0.246. The van der Waals surface area contributed by atoms with Crippen LogP contribution in [0.4, 0.5) is 0 Å². The van der Waals surface area contributed by atoms with Gasteiger partial charge in [0.2, 0.25) is 0 Å². The lowest BCUT2D eigenvalue weighted by Gasteiger charge is -1.96. The summed E-state index contributed by atoms with van der Waals surface area (Å²) in [6.07, 6.45) is 0.442. The molecule has 0 aliphatic rings. The largest absolute Gasteiger partial charge is 0.317 e. The highest BCUT2D eigenvalue weighted by Crippen LogP contribution is 2.41. The van der Waals surface area contributed by atoms with Gasteiger partial charge in [-0.2, -0.15) is 0 Å². The summed E-state index contributed by atoms with van der Waals surface area (Å²) in [5.74, 6) is 0. The summed E-state index contributed by atoms with van der Waals surface area (Å²) in [6.45, 7) is 3.20. The first-order valence-corrected chi connectivity index (χ1v) is 4.55. The number of azide groups is 1. The van der Waals surface area contributed by atoms with Gasteiger partial charge in [0.25, 0.3) is 0 Å². The third kappa shape index (κ3) is 2.67. The molecule has 1 atom stereocenters. The molecule has 0 saturated heterocycles. The Kier molecular flexibility index (Phi) is 2.59. The van der Waals surface area contributed by atoms with Crippen LogP contribution in [0.25, 0.3) is 10.4 Å². The summed E-state index contributed by atoms with van der Waals surface area (Å²) < 4.78 is 10.8. The fourth-order valence-corrected chi connectivity index (χ4v) is 0.444. The molecule has 0 spiro atoms. The van der Waals surface area contributed by atoms with E-state index in [2.05, 4.69) is 9.80 Å². The summed E-state index contributed by atoms with van der Waals surface area (Å²) in [4.78, 5) is 5.55. The van der Waals surface area contributed by atoms with Gasteiger partial charge in [-0.15, -0.1) is 0 Å². The van der Waals surface area contributed by atoms with E-state index in [1.165, 1.54) is 6.66 Å². The van der Waals surface area contributed by atoms with Crippen LogP contribution in [0.3, 0.4) is 0 Å². The van der Waals surface area contributed by atoms with Gasteiger partial charge in [0.05, 0.1) is 0 Å². The molecule has 0 aromatic carbocycles. The fourth-order valence-electron chi connectivity index (χ4n) is 0.148. The minimum absolute atomic E-state index is 0.442. The van der Waals surface area contributed by atoms with Gasteiger partial charge in [-0.3, -0.25) is 0 Å². The van der Waals surface area contributed by atoms with Crippen molar-refractivity contribution < 1.29 is 4.57 Å². The SMILES string of the molecule is CCP(C)(=O)N=[N+]=[N-]. The first kappa shape index (κ1) is 7.54. The Morgan fingerprint density at radius 3 is 2.50 bits per heavy atom. The summed E-state index contributed by atoms with van der Waals surface area (Å²) in [5.41, 5.74) is 7.82. The van der Waals surface area contributed by atoms with E-state index in [9.17, 15) is 4.57 Å². The molecule has 8 heavy (non-hydrogen) atoms. The van der Waals surface area contributed by atoms with Gasteiger partial charge in [0.1, 0.15) is 0 Å². The summed E-state index contributed by atoms with van der Waals surface area (Å²) in [5, 5.41) is 0. The van der Waals surface area contributed by atoms with Crippen LogP contribution in [0, 0.1) is 0 Å². The van der Waals surface area contributed by atoms with Crippen molar-refractivity contribution in [1.82, 2.24) is 0 Å². The van der Waals surface area contributed by atoms with Crippen molar-refractivity contribution in [2.45, 2.75) is 6.92 Å². The second-order valence-electron chi connectivity index (χ2n) is 1.55. The van der Waals surface area contributed by atoms with Crippen LogP contribution >= 0.6 is 7.29 Å². The highest BCUT2D eigenvalue weighted by Gasteiger charge is 2.06. The molecule has 0 bridgehead atoms. The standard InChI is InChI=1S/C3H8N3OP/c1-3-8(2,7)6-5-4/h3H2,1-2H3. The molecular formula is C3H8N3OP. The van der Waals surface area contributed by atoms with Gasteiger partial charge in [-0.1, -0.05) is 6.92 Å². The second kappa shape index (κ2) is 2.75. The van der Waals surface area contributed by atoms with Gasteiger partial charge in [-0.05, 0) is 17.1 Å². The normalized spacial score (nSPS) is 16.2. The third-order valence-corrected chi connectivity index (χ3v) is 2.45. The molecule has 0 aromatic heterocycles. The Balaban J connectivity index is 4.14. The summed E-state index contributed by atoms with van der Waals surface area (Å²) in [6, 6.07) is 0. The first-order valence-electron chi connectivity index (χ1n) is 2.25. The summed E-state index contributed by atoms with van der Waals surface area (Å²) in [7, 11) is -2.47. The highest BCUT2D eigenvalue weighted by atomic mass is 31.2. The zero-order valence-corrected chi connectivity index (χ0v) is 5.80. The average molecular weight is 133 g/mol. The molecule has 5 heteroatoms. The number of rotatable bonds is 2. The van der Waals surface area contributed by atoms with Crippen molar-refractivity contribution in [2.24, 2.45) is 4.88 Å². The maximum Gasteiger partial charge on any atom is 0.170 e. The zero-order valence-electron chi connectivity index (χ0n) is 4.90. The first-order chi connectivity index (χ1) is 3.62. The summed E-state index contributed by atoms with van der Waals surface area (Å²) >= 11 is 0. The van der Waals surface area contributed by atoms with Gasteiger partial charge in [0, 0.05) is 11.1 Å². The lowest BCUT2D eigenvalue weighted by Crippen LogP contribution is -1.73.